The first-order valence-electron chi connectivity index (χ1n) is 11.8. The van der Waals surface area contributed by atoms with Crippen LogP contribution in [0, 0.1) is 0 Å². The number of nitrogens with one attached hydrogen (secondary N) is 1. The number of ketones is 1. The van der Waals surface area contributed by atoms with E-state index >= 15 is 0 Å². The highest BCUT2D eigenvalue weighted by Crippen LogP contribution is 2.51. The van der Waals surface area contributed by atoms with Gasteiger partial charge in [0.25, 0.3) is 5.91 Å². The Morgan fingerprint density at radius 2 is 2.05 bits per heavy atom. The van der Waals surface area contributed by atoms with Crippen molar-refractivity contribution in [2.75, 3.05) is 20.3 Å². The smallest absolute Gasteiger partial charge is 0.290 e. The minimum atomic E-state index is -1.35. The summed E-state index contributed by atoms with van der Waals surface area (Å²) in [7, 11) is 1.40. The molecule has 0 bridgehead atoms. The van der Waals surface area contributed by atoms with Crippen molar-refractivity contribution in [1.29, 1.82) is 0 Å². The summed E-state index contributed by atoms with van der Waals surface area (Å²) in [5, 5.41) is 23.3. The maximum absolute atomic E-state index is 13.3. The Balaban J connectivity index is 1.84. The first-order valence-corrected chi connectivity index (χ1v) is 11.8. The second kappa shape index (κ2) is 11.0. The summed E-state index contributed by atoms with van der Waals surface area (Å²) in [4.78, 5) is 51.6. The van der Waals surface area contributed by atoms with Crippen molar-refractivity contribution in [1.82, 2.24) is 10.2 Å². The molecule has 1 aliphatic heterocycles. The fourth-order valence-electron chi connectivity index (χ4n) is 4.76. The third-order valence-corrected chi connectivity index (χ3v) is 6.52. The largest absolute Gasteiger partial charge is 0.493 e. The van der Waals surface area contributed by atoms with Crippen molar-refractivity contribution in [3.63, 3.8) is 0 Å². The van der Waals surface area contributed by atoms with Gasteiger partial charge in [-0.3, -0.25) is 19.2 Å². The fourth-order valence-corrected chi connectivity index (χ4v) is 4.76. The molecule has 4 atom stereocenters. The lowest BCUT2D eigenvalue weighted by atomic mass is 9.77. The first kappa shape index (κ1) is 26.1. The fraction of sp³-hybridized carbons (Fsp3) is 0.385. The van der Waals surface area contributed by atoms with Crippen LogP contribution in [-0.2, 0) is 20.9 Å². The van der Waals surface area contributed by atoms with Crippen molar-refractivity contribution in [3.05, 3.63) is 59.1 Å². The molecule has 1 aliphatic carbocycles. The number of aliphatic hydroxyl groups is 2. The minimum absolute atomic E-state index is 0.0296. The van der Waals surface area contributed by atoms with Gasteiger partial charge in [0.15, 0.2) is 11.5 Å². The zero-order chi connectivity index (χ0) is 26.7. The standard InChI is InChI=1S/C26H28N2O9/c1-3-19(31)26(34)28(11-14-4-7-36-13-14)18-10-17(25(33)27-5-6-29)21-16-8-15(12-30)9-20(35-2)23(16)37-24(21)22(18)32/h4,7-10,12-13,18,21-22,24,29,32H,3,5-6,11H2,1-2H3,(H,27,33)/t18-,21+,22+,24+/m1/s1. The number of rotatable bonds is 10. The van der Waals surface area contributed by atoms with Gasteiger partial charge < -0.3 is 34.3 Å². The van der Waals surface area contributed by atoms with Crippen LogP contribution in [0.3, 0.4) is 0 Å². The molecule has 2 aromatic rings. The van der Waals surface area contributed by atoms with Crippen LogP contribution in [0.25, 0.3) is 0 Å². The van der Waals surface area contributed by atoms with E-state index in [1.54, 1.807) is 19.1 Å². The molecule has 0 radical (unpaired) electrons. The second-order valence-corrected chi connectivity index (χ2v) is 8.74. The molecule has 0 saturated carbocycles. The summed E-state index contributed by atoms with van der Waals surface area (Å²) in [6, 6.07) is 3.56. The van der Waals surface area contributed by atoms with Gasteiger partial charge in [0.05, 0.1) is 38.2 Å². The highest BCUT2D eigenvalue weighted by Gasteiger charge is 2.51. The van der Waals surface area contributed by atoms with E-state index in [-0.39, 0.29) is 48.8 Å². The van der Waals surface area contributed by atoms with Gasteiger partial charge in [-0.15, -0.1) is 0 Å². The van der Waals surface area contributed by atoms with Crippen LogP contribution in [0.15, 0.2) is 46.8 Å². The number of aldehydes is 1. The molecular weight excluding hydrogens is 484 g/mol. The van der Waals surface area contributed by atoms with Crippen molar-refractivity contribution in [3.8, 4) is 11.5 Å². The average molecular weight is 513 g/mol. The van der Waals surface area contributed by atoms with E-state index in [9.17, 15) is 29.4 Å². The third kappa shape index (κ3) is 4.87. The number of ether oxygens (including phenoxy) is 2. The molecule has 2 amide bonds. The number of nitrogens with zero attached hydrogens (tertiary/aromatic N) is 1. The lowest BCUT2D eigenvalue weighted by Crippen LogP contribution is -2.56. The second-order valence-electron chi connectivity index (χ2n) is 8.74. The van der Waals surface area contributed by atoms with Crippen LogP contribution in [0.5, 0.6) is 11.5 Å². The van der Waals surface area contributed by atoms with E-state index in [1.807, 2.05) is 0 Å². The zero-order valence-electron chi connectivity index (χ0n) is 20.4. The van der Waals surface area contributed by atoms with Crippen LogP contribution in [0.2, 0.25) is 0 Å². The lowest BCUT2D eigenvalue weighted by molar-refractivity contribution is -0.148. The van der Waals surface area contributed by atoms with Gasteiger partial charge in [0, 0.05) is 41.8 Å². The Labute approximate surface area is 212 Å². The number of amides is 2. The van der Waals surface area contributed by atoms with Gasteiger partial charge in [-0.2, -0.15) is 0 Å². The number of Topliss-reactive ketones (excluding diaryl/α,β-unsaturated/α-hetero) is 1. The van der Waals surface area contributed by atoms with E-state index in [0.717, 1.165) is 0 Å². The Morgan fingerprint density at radius 1 is 1.27 bits per heavy atom. The summed E-state index contributed by atoms with van der Waals surface area (Å²) >= 11 is 0. The van der Waals surface area contributed by atoms with Crippen LogP contribution in [-0.4, -0.2) is 77.5 Å². The molecule has 0 saturated heterocycles. The predicted molar refractivity (Wildman–Crippen MR) is 128 cm³/mol. The highest BCUT2D eigenvalue weighted by atomic mass is 16.5. The normalized spacial score (nSPS) is 21.7. The molecule has 1 aromatic heterocycles. The number of carbonyl (C=O) groups is 4. The number of aliphatic hydroxyl groups excluding tert-OH is 2. The lowest BCUT2D eigenvalue weighted by Gasteiger charge is -2.40. The number of hydrogen-bond acceptors (Lipinski definition) is 9. The van der Waals surface area contributed by atoms with E-state index in [0.29, 0.717) is 17.4 Å². The van der Waals surface area contributed by atoms with Gasteiger partial charge in [-0.25, -0.2) is 0 Å². The number of benzene rings is 1. The molecule has 4 rings (SSSR count). The highest BCUT2D eigenvalue weighted by molar-refractivity contribution is 6.36. The minimum Gasteiger partial charge on any atom is -0.493 e. The van der Waals surface area contributed by atoms with E-state index in [4.69, 9.17) is 13.9 Å². The predicted octanol–water partition coefficient (Wildman–Crippen LogP) is 0.731. The summed E-state index contributed by atoms with van der Waals surface area (Å²) in [6.07, 6.45) is 2.48. The number of furan rings is 1. The molecule has 1 aromatic carbocycles. The van der Waals surface area contributed by atoms with Gasteiger partial charge in [-0.1, -0.05) is 6.92 Å². The van der Waals surface area contributed by atoms with Crippen molar-refractivity contribution in [2.24, 2.45) is 0 Å². The molecule has 0 unspecified atom stereocenters. The molecule has 11 heteroatoms. The maximum Gasteiger partial charge on any atom is 0.290 e. The van der Waals surface area contributed by atoms with Crippen LogP contribution in [0.1, 0.15) is 40.7 Å². The van der Waals surface area contributed by atoms with E-state index in [1.165, 1.54) is 36.7 Å². The Kier molecular flexibility index (Phi) is 7.74. The monoisotopic (exact) mass is 512 g/mol. The van der Waals surface area contributed by atoms with Crippen LogP contribution < -0.4 is 14.8 Å². The summed E-state index contributed by atoms with van der Waals surface area (Å²) in [5.74, 6) is -2.33. The Hall–Kier alpha value is -3.96. The Bertz CT molecular complexity index is 1220. The first-order chi connectivity index (χ1) is 17.8. The molecule has 2 aliphatic rings. The third-order valence-electron chi connectivity index (χ3n) is 6.52. The van der Waals surface area contributed by atoms with E-state index < -0.39 is 41.8 Å². The molecule has 196 valence electrons. The topological polar surface area (TPSA) is 156 Å². The van der Waals surface area contributed by atoms with Gasteiger partial charge in [0.2, 0.25) is 11.7 Å². The van der Waals surface area contributed by atoms with Crippen molar-refractivity contribution >= 4 is 23.9 Å². The molecule has 2 heterocycles. The number of hydrogen-bond donors (Lipinski definition) is 3. The van der Waals surface area contributed by atoms with Gasteiger partial charge >= 0.3 is 0 Å². The number of carbonyl (C=O) groups excluding carboxylic acids is 4. The maximum atomic E-state index is 13.3. The SMILES string of the molecule is CCC(=O)C(=O)N(Cc1ccoc1)[C@@H]1C=C(C(=O)NCCO)[C@@H]2c3cc(C=O)cc(OC)c3O[C@@H]2[C@H]1O. The molecule has 11 nitrogen and oxygen atoms in total. The molecule has 37 heavy (non-hydrogen) atoms. The number of fused-ring (bicyclic) bond motifs is 3. The summed E-state index contributed by atoms with van der Waals surface area (Å²) < 4.78 is 16.6. The zero-order valence-corrected chi connectivity index (χ0v) is 20.4. The van der Waals surface area contributed by atoms with Crippen LogP contribution in [0.4, 0.5) is 0 Å². The molecule has 3 N–H and O–H groups in total. The molecule has 0 spiro atoms. The van der Waals surface area contributed by atoms with Gasteiger partial charge in [-0.05, 0) is 24.3 Å². The Morgan fingerprint density at radius 3 is 2.68 bits per heavy atom. The van der Waals surface area contributed by atoms with Crippen molar-refractivity contribution in [2.45, 2.75) is 44.1 Å². The van der Waals surface area contributed by atoms with E-state index in [2.05, 4.69) is 5.32 Å². The molecular formula is C26H28N2O9. The summed E-state index contributed by atoms with van der Waals surface area (Å²) in [6.45, 7) is 1.16. The number of methoxy groups -OCH3 is 1. The van der Waals surface area contributed by atoms with Gasteiger partial charge in [0.1, 0.15) is 18.5 Å². The average Bonchev–Trinajstić information content (AvgIpc) is 3.57. The van der Waals surface area contributed by atoms with Crippen LogP contribution >= 0.6 is 0 Å². The van der Waals surface area contributed by atoms with Crippen molar-refractivity contribution < 1.29 is 43.3 Å². The summed E-state index contributed by atoms with van der Waals surface area (Å²) in [5.41, 5.74) is 1.49. The molecule has 0 fully saturated rings. The quantitative estimate of drug-likeness (QED) is 0.309.